The van der Waals surface area contributed by atoms with Gasteiger partial charge in [-0.1, -0.05) is 13.8 Å². The van der Waals surface area contributed by atoms with Crippen LogP contribution in [0.3, 0.4) is 0 Å². The zero-order chi connectivity index (χ0) is 9.84. The largest absolute Gasteiger partial charge is 0.328 e. The number of nitrogens with zero attached hydrogens (tertiary/aromatic N) is 1. The first-order valence-electron chi connectivity index (χ1n) is 5.56. The van der Waals surface area contributed by atoms with E-state index < -0.39 is 0 Å². The van der Waals surface area contributed by atoms with Gasteiger partial charge in [-0.15, -0.1) is 0 Å². The van der Waals surface area contributed by atoms with Gasteiger partial charge in [-0.2, -0.15) is 0 Å². The second-order valence-electron chi connectivity index (χ2n) is 5.02. The summed E-state index contributed by atoms with van der Waals surface area (Å²) in [4.78, 5) is 2.58. The topological polar surface area (TPSA) is 29.3 Å². The third-order valence-electron chi connectivity index (χ3n) is 2.70. The lowest BCUT2D eigenvalue weighted by molar-refractivity contribution is 0.283. The molecule has 0 saturated carbocycles. The Hall–Kier alpha value is -0.0800. The Morgan fingerprint density at radius 3 is 2.62 bits per heavy atom. The van der Waals surface area contributed by atoms with Gasteiger partial charge in [0.1, 0.15) is 0 Å². The van der Waals surface area contributed by atoms with Crippen LogP contribution in [0.4, 0.5) is 0 Å². The summed E-state index contributed by atoms with van der Waals surface area (Å²) in [5.74, 6) is 1.66. The summed E-state index contributed by atoms with van der Waals surface area (Å²) in [6.45, 7) is 10.5. The minimum absolute atomic E-state index is 0.379. The Morgan fingerprint density at radius 2 is 2.08 bits per heavy atom. The fraction of sp³-hybridized carbons (Fsp3) is 1.00. The van der Waals surface area contributed by atoms with E-state index in [4.69, 9.17) is 5.73 Å². The Labute approximate surface area is 82.5 Å². The quantitative estimate of drug-likeness (QED) is 0.720. The van der Waals surface area contributed by atoms with Crippen molar-refractivity contribution in [2.75, 3.05) is 19.6 Å². The zero-order valence-corrected chi connectivity index (χ0v) is 9.29. The fourth-order valence-corrected chi connectivity index (χ4v) is 2.31. The average molecular weight is 184 g/mol. The van der Waals surface area contributed by atoms with Gasteiger partial charge in [0.25, 0.3) is 0 Å². The summed E-state index contributed by atoms with van der Waals surface area (Å²) in [5, 5.41) is 0. The first kappa shape index (κ1) is 11.0. The smallest absolute Gasteiger partial charge is 0.00136 e. The van der Waals surface area contributed by atoms with Crippen molar-refractivity contribution < 1.29 is 0 Å². The lowest BCUT2D eigenvalue weighted by Crippen LogP contribution is -2.26. The summed E-state index contributed by atoms with van der Waals surface area (Å²) in [6.07, 6.45) is 2.56. The molecule has 1 aliphatic rings. The minimum Gasteiger partial charge on any atom is -0.328 e. The van der Waals surface area contributed by atoms with Crippen LogP contribution in [0, 0.1) is 11.8 Å². The van der Waals surface area contributed by atoms with Gasteiger partial charge in [0.05, 0.1) is 0 Å². The molecule has 78 valence electrons. The highest BCUT2D eigenvalue weighted by Crippen LogP contribution is 2.21. The minimum atomic E-state index is 0.379. The summed E-state index contributed by atoms with van der Waals surface area (Å²) in [6, 6.07) is 0.379. The molecule has 13 heavy (non-hydrogen) atoms. The molecule has 0 spiro atoms. The molecule has 2 nitrogen and oxygen atoms in total. The monoisotopic (exact) mass is 184 g/mol. The summed E-state index contributed by atoms with van der Waals surface area (Å²) in [5.41, 5.74) is 5.80. The highest BCUT2D eigenvalue weighted by Gasteiger charge is 2.23. The molecule has 0 aromatic carbocycles. The van der Waals surface area contributed by atoms with E-state index in [-0.39, 0.29) is 0 Å². The second-order valence-corrected chi connectivity index (χ2v) is 5.02. The van der Waals surface area contributed by atoms with Gasteiger partial charge in [0.15, 0.2) is 0 Å². The molecule has 1 heterocycles. The van der Waals surface area contributed by atoms with Crippen LogP contribution < -0.4 is 5.73 Å². The molecule has 0 bridgehead atoms. The molecular weight excluding hydrogens is 160 g/mol. The van der Waals surface area contributed by atoms with Crippen molar-refractivity contribution in [3.05, 3.63) is 0 Å². The van der Waals surface area contributed by atoms with Crippen LogP contribution in [0.15, 0.2) is 0 Å². The molecule has 1 fully saturated rings. The Balaban J connectivity index is 2.20. The van der Waals surface area contributed by atoms with Crippen LogP contribution in [0.1, 0.15) is 33.6 Å². The number of hydrogen-bond acceptors (Lipinski definition) is 2. The van der Waals surface area contributed by atoms with Gasteiger partial charge in [-0.3, -0.25) is 0 Å². The summed E-state index contributed by atoms with van der Waals surface area (Å²) in [7, 11) is 0. The Bertz CT molecular complexity index is 127. The van der Waals surface area contributed by atoms with Crippen LogP contribution in [-0.2, 0) is 0 Å². The molecule has 0 aromatic heterocycles. The van der Waals surface area contributed by atoms with Gasteiger partial charge < -0.3 is 10.6 Å². The van der Waals surface area contributed by atoms with Crippen molar-refractivity contribution in [1.29, 1.82) is 0 Å². The molecule has 0 aliphatic carbocycles. The van der Waals surface area contributed by atoms with E-state index in [1.807, 2.05) is 0 Å². The summed E-state index contributed by atoms with van der Waals surface area (Å²) < 4.78 is 0. The van der Waals surface area contributed by atoms with E-state index in [1.165, 1.54) is 32.5 Å². The van der Waals surface area contributed by atoms with Gasteiger partial charge in [-0.25, -0.2) is 0 Å². The SMILES string of the molecule is CC(C)CN1CCC(CC(C)N)C1. The number of hydrogen-bond donors (Lipinski definition) is 1. The fourth-order valence-electron chi connectivity index (χ4n) is 2.31. The van der Waals surface area contributed by atoms with Gasteiger partial charge in [0.2, 0.25) is 0 Å². The Morgan fingerprint density at radius 1 is 1.38 bits per heavy atom. The molecule has 0 aromatic rings. The lowest BCUT2D eigenvalue weighted by atomic mass is 10.0. The molecule has 1 aliphatic heterocycles. The molecule has 1 rings (SSSR count). The molecule has 1 saturated heterocycles. The molecule has 0 radical (unpaired) electrons. The van der Waals surface area contributed by atoms with E-state index in [9.17, 15) is 0 Å². The van der Waals surface area contributed by atoms with Gasteiger partial charge in [0, 0.05) is 19.1 Å². The van der Waals surface area contributed by atoms with Crippen LogP contribution in [-0.4, -0.2) is 30.6 Å². The van der Waals surface area contributed by atoms with E-state index in [0.717, 1.165) is 11.8 Å². The van der Waals surface area contributed by atoms with Crippen LogP contribution >= 0.6 is 0 Å². The average Bonchev–Trinajstić information content (AvgIpc) is 2.33. The van der Waals surface area contributed by atoms with Crippen LogP contribution in [0.5, 0.6) is 0 Å². The van der Waals surface area contributed by atoms with E-state index in [2.05, 4.69) is 25.7 Å². The lowest BCUT2D eigenvalue weighted by Gasteiger charge is -2.18. The van der Waals surface area contributed by atoms with Crippen molar-refractivity contribution >= 4 is 0 Å². The van der Waals surface area contributed by atoms with Crippen molar-refractivity contribution in [1.82, 2.24) is 4.90 Å². The van der Waals surface area contributed by atoms with Gasteiger partial charge in [-0.05, 0) is 38.1 Å². The van der Waals surface area contributed by atoms with Crippen LogP contribution in [0.25, 0.3) is 0 Å². The number of likely N-dealkylation sites (tertiary alicyclic amines) is 1. The first-order valence-corrected chi connectivity index (χ1v) is 5.56. The predicted molar refractivity (Wildman–Crippen MR) is 57.7 cm³/mol. The van der Waals surface area contributed by atoms with E-state index in [0.29, 0.717) is 6.04 Å². The first-order chi connectivity index (χ1) is 6.08. The van der Waals surface area contributed by atoms with E-state index >= 15 is 0 Å². The van der Waals surface area contributed by atoms with Crippen molar-refractivity contribution in [2.24, 2.45) is 17.6 Å². The standard InChI is InChI=1S/C11H24N2/c1-9(2)7-13-5-4-11(8-13)6-10(3)12/h9-11H,4-8,12H2,1-3H3. The molecule has 2 N–H and O–H groups in total. The maximum absolute atomic E-state index is 5.80. The third kappa shape index (κ3) is 4.10. The number of rotatable bonds is 4. The van der Waals surface area contributed by atoms with E-state index in [1.54, 1.807) is 0 Å². The highest BCUT2D eigenvalue weighted by atomic mass is 15.1. The second kappa shape index (κ2) is 4.97. The third-order valence-corrected chi connectivity index (χ3v) is 2.70. The van der Waals surface area contributed by atoms with Crippen molar-refractivity contribution in [3.63, 3.8) is 0 Å². The zero-order valence-electron chi connectivity index (χ0n) is 9.29. The van der Waals surface area contributed by atoms with Crippen LogP contribution in [0.2, 0.25) is 0 Å². The van der Waals surface area contributed by atoms with Crippen molar-refractivity contribution in [3.8, 4) is 0 Å². The maximum atomic E-state index is 5.80. The molecule has 2 atom stereocenters. The maximum Gasteiger partial charge on any atom is 0.00136 e. The number of nitrogens with two attached hydrogens (primary N) is 1. The molecule has 0 amide bonds. The molecule has 2 unspecified atom stereocenters. The van der Waals surface area contributed by atoms with Gasteiger partial charge >= 0.3 is 0 Å². The summed E-state index contributed by atoms with van der Waals surface area (Å²) >= 11 is 0. The predicted octanol–water partition coefficient (Wildman–Crippen LogP) is 1.70. The Kier molecular flexibility index (Phi) is 4.20. The molecule has 2 heteroatoms. The molecular formula is C11H24N2. The highest BCUT2D eigenvalue weighted by molar-refractivity contribution is 4.78. The normalized spacial score (nSPS) is 27.0. The van der Waals surface area contributed by atoms with Crippen molar-refractivity contribution in [2.45, 2.75) is 39.7 Å².